The molecule has 38 heavy (non-hydrogen) atoms. The van der Waals surface area contributed by atoms with Gasteiger partial charge < -0.3 is 18.6 Å². The van der Waals surface area contributed by atoms with Crippen LogP contribution in [0.25, 0.3) is 0 Å². The van der Waals surface area contributed by atoms with Gasteiger partial charge in [-0.2, -0.15) is 0 Å². The first-order valence-electron chi connectivity index (χ1n) is 13.5. The van der Waals surface area contributed by atoms with Crippen LogP contribution >= 0.6 is 0 Å². The maximum atomic E-state index is 6.94. The van der Waals surface area contributed by atoms with Crippen LogP contribution in [0.15, 0.2) is 103 Å². The molecule has 5 heteroatoms. The molecule has 0 aromatic heterocycles. The van der Waals surface area contributed by atoms with E-state index in [-0.39, 0.29) is 23.4 Å². The van der Waals surface area contributed by atoms with E-state index in [1.54, 1.807) is 0 Å². The van der Waals surface area contributed by atoms with Gasteiger partial charge in [0.05, 0.1) is 32.5 Å². The van der Waals surface area contributed by atoms with Crippen LogP contribution in [0.5, 0.6) is 0 Å². The minimum absolute atomic E-state index is 0.0811. The molecule has 3 aromatic carbocycles. The Morgan fingerprint density at radius 1 is 0.632 bits per heavy atom. The molecule has 0 saturated carbocycles. The van der Waals surface area contributed by atoms with E-state index in [0.717, 1.165) is 22.3 Å². The molecule has 1 aliphatic carbocycles. The predicted octanol–water partition coefficient (Wildman–Crippen LogP) is 7.70. The van der Waals surface area contributed by atoms with E-state index >= 15 is 0 Å². The average Bonchev–Trinajstić information content (AvgIpc) is 3.22. The normalized spacial score (nSPS) is 19.9. The molecule has 1 aliphatic rings. The van der Waals surface area contributed by atoms with Gasteiger partial charge in [-0.25, -0.2) is 0 Å². The van der Waals surface area contributed by atoms with Crippen molar-refractivity contribution in [1.82, 2.24) is 0 Å². The number of ether oxygens (including phenoxy) is 3. The summed E-state index contributed by atoms with van der Waals surface area (Å²) in [5, 5.41) is 0.0811. The first kappa shape index (κ1) is 28.5. The summed E-state index contributed by atoms with van der Waals surface area (Å²) in [6, 6.07) is 30.9. The topological polar surface area (TPSA) is 36.9 Å². The standard InChI is InChI=1S/C33H42O4Si/c1-33(2,3)38(4,5)37-30-21-29(25-34-22-26-15-9-6-10-16-26)31(35-23-27-17-11-7-12-18-27)32(30)36-24-28-19-13-8-14-20-28/h6-21,30-32H,22-25H2,1-5H3/t30-,31+,32-/m1/s1. The summed E-state index contributed by atoms with van der Waals surface area (Å²) in [6.45, 7) is 13.4. The zero-order valence-electron chi connectivity index (χ0n) is 23.4. The lowest BCUT2D eigenvalue weighted by Gasteiger charge is -2.40. The first-order chi connectivity index (χ1) is 18.2. The van der Waals surface area contributed by atoms with E-state index in [9.17, 15) is 0 Å². The summed E-state index contributed by atoms with van der Waals surface area (Å²) in [5.41, 5.74) is 4.50. The van der Waals surface area contributed by atoms with Crippen molar-refractivity contribution in [3.8, 4) is 0 Å². The van der Waals surface area contributed by atoms with E-state index in [1.165, 1.54) is 0 Å². The van der Waals surface area contributed by atoms with Crippen LogP contribution in [0.1, 0.15) is 37.5 Å². The van der Waals surface area contributed by atoms with Crippen LogP contribution in [0.2, 0.25) is 18.1 Å². The van der Waals surface area contributed by atoms with Gasteiger partial charge in [0, 0.05) is 0 Å². The Kier molecular flexibility index (Phi) is 9.74. The minimum Gasteiger partial charge on any atom is -0.408 e. The number of rotatable bonds is 12. The van der Waals surface area contributed by atoms with Crippen molar-refractivity contribution in [1.29, 1.82) is 0 Å². The van der Waals surface area contributed by atoms with Crippen molar-refractivity contribution in [3.05, 3.63) is 119 Å². The van der Waals surface area contributed by atoms with E-state index in [4.69, 9.17) is 18.6 Å². The molecule has 0 bridgehead atoms. The molecule has 202 valence electrons. The van der Waals surface area contributed by atoms with E-state index < -0.39 is 8.32 Å². The van der Waals surface area contributed by atoms with Crippen LogP contribution < -0.4 is 0 Å². The van der Waals surface area contributed by atoms with Gasteiger partial charge in [-0.1, -0.05) is 118 Å². The molecule has 0 heterocycles. The Labute approximate surface area is 229 Å². The van der Waals surface area contributed by atoms with Gasteiger partial charge in [0.1, 0.15) is 12.2 Å². The summed E-state index contributed by atoms with van der Waals surface area (Å²) < 4.78 is 26.4. The first-order valence-corrected chi connectivity index (χ1v) is 16.4. The molecule has 4 nitrogen and oxygen atoms in total. The highest BCUT2D eigenvalue weighted by atomic mass is 28.4. The third-order valence-corrected chi connectivity index (χ3v) is 12.0. The highest BCUT2D eigenvalue weighted by Crippen LogP contribution is 2.40. The monoisotopic (exact) mass is 530 g/mol. The fraction of sp³-hybridized carbons (Fsp3) is 0.394. The molecule has 4 rings (SSSR count). The maximum absolute atomic E-state index is 6.94. The molecule has 0 spiro atoms. The molecule has 0 fully saturated rings. The van der Waals surface area contributed by atoms with Crippen LogP contribution in [0, 0.1) is 0 Å². The number of benzene rings is 3. The summed E-state index contributed by atoms with van der Waals surface area (Å²) in [5.74, 6) is 0. The van der Waals surface area contributed by atoms with Crippen LogP contribution in [0.3, 0.4) is 0 Å². The SMILES string of the molecule is CC(C)(C)[Si](C)(C)O[C@@H]1C=C(COCc2ccccc2)[C@H](OCc2ccccc2)[C@@H]1OCc1ccccc1. The molecule has 0 amide bonds. The fourth-order valence-electron chi connectivity index (χ4n) is 4.30. The fourth-order valence-corrected chi connectivity index (χ4v) is 5.54. The third-order valence-electron chi connectivity index (χ3n) is 7.54. The van der Waals surface area contributed by atoms with Crippen molar-refractivity contribution >= 4 is 8.32 Å². The third kappa shape index (κ3) is 7.75. The van der Waals surface area contributed by atoms with Gasteiger partial charge >= 0.3 is 0 Å². The van der Waals surface area contributed by atoms with Gasteiger partial charge in [0.2, 0.25) is 0 Å². The Morgan fingerprint density at radius 2 is 1.11 bits per heavy atom. The highest BCUT2D eigenvalue weighted by molar-refractivity contribution is 6.74. The molecule has 0 N–H and O–H groups in total. The lowest BCUT2D eigenvalue weighted by molar-refractivity contribution is -0.0960. The molecule has 0 radical (unpaired) electrons. The average molecular weight is 531 g/mol. The molecule has 0 aliphatic heterocycles. The predicted molar refractivity (Wildman–Crippen MR) is 156 cm³/mol. The second-order valence-corrected chi connectivity index (χ2v) is 16.3. The quantitative estimate of drug-likeness (QED) is 0.178. The van der Waals surface area contributed by atoms with Gasteiger partial charge in [-0.15, -0.1) is 0 Å². The zero-order valence-corrected chi connectivity index (χ0v) is 24.4. The Hall–Kier alpha value is -2.54. The lowest BCUT2D eigenvalue weighted by atomic mass is 10.1. The van der Waals surface area contributed by atoms with Crippen LogP contribution in [-0.2, 0) is 38.5 Å². The number of hydrogen-bond donors (Lipinski definition) is 0. The Morgan fingerprint density at radius 3 is 1.61 bits per heavy atom. The van der Waals surface area contributed by atoms with Crippen LogP contribution in [-0.4, -0.2) is 33.2 Å². The molecular formula is C33H42O4Si. The highest BCUT2D eigenvalue weighted by Gasteiger charge is 2.46. The summed E-state index contributed by atoms with van der Waals surface area (Å²) in [4.78, 5) is 0. The van der Waals surface area contributed by atoms with Crippen molar-refractivity contribution < 1.29 is 18.6 Å². The molecule has 0 saturated heterocycles. The van der Waals surface area contributed by atoms with Gasteiger partial charge in [0.15, 0.2) is 8.32 Å². The van der Waals surface area contributed by atoms with Crippen molar-refractivity contribution in [3.63, 3.8) is 0 Å². The summed E-state index contributed by atoms with van der Waals surface area (Å²) >= 11 is 0. The van der Waals surface area contributed by atoms with E-state index in [1.807, 2.05) is 54.6 Å². The van der Waals surface area contributed by atoms with Crippen molar-refractivity contribution in [2.24, 2.45) is 0 Å². The van der Waals surface area contributed by atoms with E-state index in [2.05, 4.69) is 76.3 Å². The maximum Gasteiger partial charge on any atom is 0.193 e. The van der Waals surface area contributed by atoms with E-state index in [0.29, 0.717) is 26.4 Å². The van der Waals surface area contributed by atoms with Gasteiger partial charge in [0.25, 0.3) is 0 Å². The van der Waals surface area contributed by atoms with Crippen molar-refractivity contribution in [2.75, 3.05) is 6.61 Å². The lowest BCUT2D eigenvalue weighted by Crippen LogP contribution is -2.48. The zero-order chi connectivity index (χ0) is 27.0. The number of hydrogen-bond acceptors (Lipinski definition) is 4. The smallest absolute Gasteiger partial charge is 0.193 e. The van der Waals surface area contributed by atoms with Crippen molar-refractivity contribution in [2.45, 2.75) is 77.0 Å². The second-order valence-electron chi connectivity index (χ2n) is 11.5. The van der Waals surface area contributed by atoms with Gasteiger partial charge in [-0.05, 0) is 40.4 Å². The van der Waals surface area contributed by atoms with Crippen LogP contribution in [0.4, 0.5) is 0 Å². The largest absolute Gasteiger partial charge is 0.408 e. The minimum atomic E-state index is -2.07. The van der Waals surface area contributed by atoms with Gasteiger partial charge in [-0.3, -0.25) is 0 Å². The summed E-state index contributed by atoms with van der Waals surface area (Å²) in [6.07, 6.45) is 1.49. The molecular weight excluding hydrogens is 488 g/mol. The Bertz CT molecular complexity index is 1140. The Balaban J connectivity index is 1.56. The molecule has 0 unspecified atom stereocenters. The molecule has 3 atom stereocenters. The second kappa shape index (κ2) is 13.0. The molecule has 3 aromatic rings. The summed E-state index contributed by atoms with van der Waals surface area (Å²) in [7, 11) is -2.07.